The standard InChI is InChI=1S/C25H25FN2O5S2/c1-2-33-25(30)23-20-10-6-7-11-21(20)34-24(23)27-22(29)16-28(18-14-12-17(26)13-15-18)35(31,32)19-8-4-3-5-9-19/h3-5,8-9,12-15H,2,6-7,10-11,16H2,1H3,(H,27,29). The van der Waals surface area contributed by atoms with Gasteiger partial charge in [0.1, 0.15) is 17.4 Å². The average molecular weight is 517 g/mol. The number of nitrogens with one attached hydrogen (secondary N) is 1. The Bertz CT molecular complexity index is 1320. The zero-order valence-electron chi connectivity index (χ0n) is 19.1. The molecule has 0 bridgehead atoms. The van der Waals surface area contributed by atoms with Gasteiger partial charge in [-0.15, -0.1) is 11.3 Å². The molecule has 0 aliphatic heterocycles. The molecule has 1 aromatic heterocycles. The van der Waals surface area contributed by atoms with E-state index in [-0.39, 0.29) is 17.2 Å². The minimum absolute atomic E-state index is 0.00377. The largest absolute Gasteiger partial charge is 0.462 e. The van der Waals surface area contributed by atoms with Crippen molar-refractivity contribution in [3.63, 3.8) is 0 Å². The number of rotatable bonds is 8. The monoisotopic (exact) mass is 516 g/mol. The molecule has 0 spiro atoms. The van der Waals surface area contributed by atoms with Gasteiger partial charge in [0.05, 0.1) is 22.8 Å². The van der Waals surface area contributed by atoms with E-state index in [0.717, 1.165) is 52.6 Å². The first kappa shape index (κ1) is 24.9. The second-order valence-electron chi connectivity index (χ2n) is 7.98. The minimum Gasteiger partial charge on any atom is -0.462 e. The number of benzene rings is 2. The van der Waals surface area contributed by atoms with Crippen LogP contribution >= 0.6 is 11.3 Å². The third kappa shape index (κ3) is 5.38. The lowest BCUT2D eigenvalue weighted by Crippen LogP contribution is -2.38. The average Bonchev–Trinajstić information content (AvgIpc) is 3.21. The van der Waals surface area contributed by atoms with Crippen molar-refractivity contribution in [2.45, 2.75) is 37.5 Å². The Kier molecular flexibility index (Phi) is 7.51. The van der Waals surface area contributed by atoms with Gasteiger partial charge in [-0.1, -0.05) is 18.2 Å². The van der Waals surface area contributed by atoms with Crippen LogP contribution in [0.3, 0.4) is 0 Å². The van der Waals surface area contributed by atoms with Gasteiger partial charge in [-0.25, -0.2) is 17.6 Å². The number of amides is 1. The summed E-state index contributed by atoms with van der Waals surface area (Å²) in [5, 5.41) is 3.10. The second-order valence-corrected chi connectivity index (χ2v) is 11.0. The molecule has 0 unspecified atom stereocenters. The zero-order valence-corrected chi connectivity index (χ0v) is 20.8. The minimum atomic E-state index is -4.13. The number of halogens is 1. The predicted octanol–water partition coefficient (Wildman–Crippen LogP) is 4.78. The van der Waals surface area contributed by atoms with Crippen molar-refractivity contribution < 1.29 is 27.1 Å². The van der Waals surface area contributed by atoms with Crippen LogP contribution in [0.15, 0.2) is 59.5 Å². The summed E-state index contributed by atoms with van der Waals surface area (Å²) in [5.41, 5.74) is 1.38. The molecule has 0 radical (unpaired) electrons. The van der Waals surface area contributed by atoms with Crippen molar-refractivity contribution in [1.29, 1.82) is 0 Å². The Labute approximate surface area is 207 Å². The molecular formula is C25H25FN2O5S2. The number of nitrogens with zero attached hydrogens (tertiary/aromatic N) is 1. The number of sulfonamides is 1. The number of aryl methyl sites for hydroxylation is 1. The molecule has 0 saturated heterocycles. The van der Waals surface area contributed by atoms with E-state index >= 15 is 0 Å². The van der Waals surface area contributed by atoms with Crippen LogP contribution in [0.2, 0.25) is 0 Å². The molecule has 0 fully saturated rings. The molecule has 35 heavy (non-hydrogen) atoms. The predicted molar refractivity (Wildman–Crippen MR) is 133 cm³/mol. The van der Waals surface area contributed by atoms with Crippen LogP contribution in [-0.2, 0) is 32.4 Å². The molecule has 1 N–H and O–H groups in total. The normalized spacial score (nSPS) is 13.1. The molecule has 184 valence electrons. The van der Waals surface area contributed by atoms with Gasteiger partial charge in [0.15, 0.2) is 0 Å². The summed E-state index contributed by atoms with van der Waals surface area (Å²) in [6.45, 7) is 1.35. The number of ether oxygens (including phenoxy) is 1. The number of carbonyl (C=O) groups is 2. The summed E-state index contributed by atoms with van der Waals surface area (Å²) in [4.78, 5) is 26.9. The summed E-state index contributed by atoms with van der Waals surface area (Å²) in [5.74, 6) is -1.66. The van der Waals surface area contributed by atoms with Gasteiger partial charge in [-0.3, -0.25) is 9.10 Å². The van der Waals surface area contributed by atoms with Crippen molar-refractivity contribution >= 4 is 43.9 Å². The maximum absolute atomic E-state index is 13.5. The number of hydrogen-bond donors (Lipinski definition) is 1. The lowest BCUT2D eigenvalue weighted by atomic mass is 9.95. The van der Waals surface area contributed by atoms with Gasteiger partial charge in [0.2, 0.25) is 5.91 Å². The van der Waals surface area contributed by atoms with E-state index in [2.05, 4.69) is 5.32 Å². The fraction of sp³-hybridized carbons (Fsp3) is 0.280. The van der Waals surface area contributed by atoms with Crippen LogP contribution < -0.4 is 9.62 Å². The maximum Gasteiger partial charge on any atom is 0.341 e. The molecular weight excluding hydrogens is 491 g/mol. The number of carbonyl (C=O) groups excluding carboxylic acids is 2. The van der Waals surface area contributed by atoms with Gasteiger partial charge >= 0.3 is 5.97 Å². The topological polar surface area (TPSA) is 92.8 Å². The van der Waals surface area contributed by atoms with E-state index in [1.807, 2.05) is 0 Å². The molecule has 10 heteroatoms. The molecule has 1 aliphatic rings. The highest BCUT2D eigenvalue weighted by Gasteiger charge is 2.30. The van der Waals surface area contributed by atoms with E-state index in [4.69, 9.17) is 4.74 Å². The summed E-state index contributed by atoms with van der Waals surface area (Å²) < 4.78 is 46.5. The van der Waals surface area contributed by atoms with Crippen LogP contribution in [0.4, 0.5) is 15.1 Å². The molecule has 2 aromatic carbocycles. The number of hydrogen-bond acceptors (Lipinski definition) is 6. The fourth-order valence-corrected chi connectivity index (χ4v) is 6.75. The molecule has 1 aliphatic carbocycles. The number of esters is 1. The Hall–Kier alpha value is -3.24. The van der Waals surface area contributed by atoms with Gasteiger partial charge in [-0.2, -0.15) is 0 Å². The first-order valence-corrected chi connectivity index (χ1v) is 13.5. The van der Waals surface area contributed by atoms with Crippen molar-refractivity contribution in [1.82, 2.24) is 0 Å². The molecule has 3 aromatic rings. The Balaban J connectivity index is 1.66. The molecule has 1 amide bonds. The lowest BCUT2D eigenvalue weighted by Gasteiger charge is -2.24. The van der Waals surface area contributed by atoms with Crippen LogP contribution in [0.5, 0.6) is 0 Å². The van der Waals surface area contributed by atoms with Gasteiger partial charge in [0, 0.05) is 4.88 Å². The quantitative estimate of drug-likeness (QED) is 0.435. The zero-order chi connectivity index (χ0) is 25.0. The first-order chi connectivity index (χ1) is 16.8. The van der Waals surface area contributed by atoms with Crippen molar-refractivity contribution in [3.05, 3.63) is 76.4 Å². The van der Waals surface area contributed by atoms with E-state index in [0.29, 0.717) is 10.6 Å². The summed E-state index contributed by atoms with van der Waals surface area (Å²) >= 11 is 1.32. The van der Waals surface area contributed by atoms with Gasteiger partial charge in [-0.05, 0) is 74.6 Å². The maximum atomic E-state index is 13.5. The third-order valence-corrected chi connectivity index (χ3v) is 8.63. The van der Waals surface area contributed by atoms with Crippen molar-refractivity contribution in [2.75, 3.05) is 22.8 Å². The Morgan fingerprint density at radius 3 is 2.43 bits per heavy atom. The molecule has 1 heterocycles. The smallest absolute Gasteiger partial charge is 0.341 e. The van der Waals surface area contributed by atoms with E-state index in [1.54, 1.807) is 25.1 Å². The van der Waals surface area contributed by atoms with Gasteiger partial charge in [0.25, 0.3) is 10.0 Å². The summed E-state index contributed by atoms with van der Waals surface area (Å²) in [6.07, 6.45) is 3.47. The fourth-order valence-electron chi connectivity index (χ4n) is 4.01. The van der Waals surface area contributed by atoms with E-state index in [1.165, 1.54) is 35.6 Å². The van der Waals surface area contributed by atoms with Gasteiger partial charge < -0.3 is 10.1 Å². The Morgan fingerprint density at radius 2 is 1.74 bits per heavy atom. The van der Waals surface area contributed by atoms with Crippen LogP contribution in [0.1, 0.15) is 40.6 Å². The molecule has 4 rings (SSSR count). The van der Waals surface area contributed by atoms with Crippen molar-refractivity contribution in [3.8, 4) is 0 Å². The molecule has 0 atom stereocenters. The Morgan fingerprint density at radius 1 is 1.06 bits per heavy atom. The van der Waals surface area contributed by atoms with Crippen molar-refractivity contribution in [2.24, 2.45) is 0 Å². The highest BCUT2D eigenvalue weighted by atomic mass is 32.2. The third-order valence-electron chi connectivity index (χ3n) is 5.64. The van der Waals surface area contributed by atoms with Crippen LogP contribution in [0.25, 0.3) is 0 Å². The van der Waals surface area contributed by atoms with E-state index < -0.39 is 34.3 Å². The summed E-state index contributed by atoms with van der Waals surface area (Å²) in [7, 11) is -4.13. The SMILES string of the molecule is CCOC(=O)c1c(NC(=O)CN(c2ccc(F)cc2)S(=O)(=O)c2ccccc2)sc2c1CCCC2. The van der Waals surface area contributed by atoms with Crippen LogP contribution in [0, 0.1) is 5.82 Å². The van der Waals surface area contributed by atoms with Crippen LogP contribution in [-0.4, -0.2) is 33.4 Å². The number of anilines is 2. The highest BCUT2D eigenvalue weighted by Crippen LogP contribution is 2.38. The number of fused-ring (bicyclic) bond motifs is 1. The first-order valence-electron chi connectivity index (χ1n) is 11.3. The lowest BCUT2D eigenvalue weighted by molar-refractivity contribution is -0.114. The molecule has 0 saturated carbocycles. The highest BCUT2D eigenvalue weighted by molar-refractivity contribution is 7.92. The van der Waals surface area contributed by atoms with E-state index in [9.17, 15) is 22.4 Å². The number of thiophene rings is 1. The second kappa shape index (κ2) is 10.6. The molecule has 7 nitrogen and oxygen atoms in total. The summed E-state index contributed by atoms with van der Waals surface area (Å²) in [6, 6.07) is 12.6.